The van der Waals surface area contributed by atoms with Gasteiger partial charge in [0.15, 0.2) is 11.5 Å². The SMILES string of the molecule is CCOc1cc(/C=N\Nc2nc(N3CCCCC3)nc(N3CCOCC3)n2)ccc1OCc1ccccc1F. The van der Waals surface area contributed by atoms with Gasteiger partial charge in [0.1, 0.15) is 12.4 Å². The quantitative estimate of drug-likeness (QED) is 0.302. The molecule has 10 nitrogen and oxygen atoms in total. The molecule has 0 amide bonds. The molecule has 1 aromatic heterocycles. The van der Waals surface area contributed by atoms with Gasteiger partial charge in [-0.3, -0.25) is 0 Å². The van der Waals surface area contributed by atoms with Gasteiger partial charge in [0.25, 0.3) is 0 Å². The van der Waals surface area contributed by atoms with Crippen LogP contribution in [0.5, 0.6) is 11.5 Å². The molecular weight excluding hydrogens is 501 g/mol. The summed E-state index contributed by atoms with van der Waals surface area (Å²) in [4.78, 5) is 18.4. The molecule has 5 rings (SSSR count). The van der Waals surface area contributed by atoms with Gasteiger partial charge >= 0.3 is 0 Å². The lowest BCUT2D eigenvalue weighted by atomic mass is 10.1. The van der Waals surface area contributed by atoms with Crippen molar-refractivity contribution in [3.05, 3.63) is 59.4 Å². The number of nitrogens with one attached hydrogen (secondary N) is 1. The number of hydrogen-bond donors (Lipinski definition) is 1. The van der Waals surface area contributed by atoms with Crippen LogP contribution in [0.4, 0.5) is 22.2 Å². The minimum absolute atomic E-state index is 0.103. The lowest BCUT2D eigenvalue weighted by molar-refractivity contribution is 0.122. The third-order valence-corrected chi connectivity index (χ3v) is 6.53. The molecule has 1 N–H and O–H groups in total. The zero-order chi connectivity index (χ0) is 26.9. The summed E-state index contributed by atoms with van der Waals surface area (Å²) in [5.74, 6) is 2.46. The fourth-order valence-electron chi connectivity index (χ4n) is 4.47. The van der Waals surface area contributed by atoms with Gasteiger partial charge in [-0.1, -0.05) is 18.2 Å². The van der Waals surface area contributed by atoms with Crippen LogP contribution in [0, 0.1) is 5.82 Å². The molecule has 0 bridgehead atoms. The molecule has 2 saturated heterocycles. The Morgan fingerprint density at radius 2 is 1.67 bits per heavy atom. The Labute approximate surface area is 227 Å². The molecule has 0 radical (unpaired) electrons. The maximum Gasteiger partial charge on any atom is 0.250 e. The Bertz CT molecular complexity index is 1230. The molecule has 0 spiro atoms. The summed E-state index contributed by atoms with van der Waals surface area (Å²) >= 11 is 0. The van der Waals surface area contributed by atoms with Gasteiger partial charge in [0.05, 0.1) is 26.0 Å². The predicted molar refractivity (Wildman–Crippen MR) is 148 cm³/mol. The third kappa shape index (κ3) is 7.11. The first-order chi connectivity index (χ1) is 19.2. The first kappa shape index (κ1) is 26.6. The molecule has 0 aliphatic carbocycles. The van der Waals surface area contributed by atoms with Crippen molar-refractivity contribution < 1.29 is 18.6 Å². The fraction of sp³-hybridized carbons (Fsp3) is 0.429. The summed E-state index contributed by atoms with van der Waals surface area (Å²) in [6.07, 6.45) is 5.15. The number of morpholine rings is 1. The number of rotatable bonds is 10. The van der Waals surface area contributed by atoms with Gasteiger partial charge in [-0.2, -0.15) is 20.1 Å². The standard InChI is InChI=1S/C28H34FN7O3/c1-2-38-25-18-21(10-11-24(25)39-20-22-8-4-5-9-23(22)29)19-30-34-26-31-27(35-12-6-3-7-13-35)33-28(32-26)36-14-16-37-17-15-36/h4-5,8-11,18-19H,2-3,6-7,12-17,20H2,1H3,(H,31,32,33,34)/b30-19-. The number of piperidine rings is 1. The van der Waals surface area contributed by atoms with Gasteiger partial charge in [0, 0.05) is 31.7 Å². The molecule has 11 heteroatoms. The number of benzene rings is 2. The highest BCUT2D eigenvalue weighted by Crippen LogP contribution is 2.29. The van der Waals surface area contributed by atoms with E-state index in [1.807, 2.05) is 19.1 Å². The summed E-state index contributed by atoms with van der Waals surface area (Å²) in [6, 6.07) is 12.0. The van der Waals surface area contributed by atoms with E-state index in [0.717, 1.165) is 44.6 Å². The highest BCUT2D eigenvalue weighted by molar-refractivity contribution is 5.81. The van der Waals surface area contributed by atoms with E-state index in [2.05, 4.69) is 30.3 Å². The number of ether oxygens (including phenoxy) is 3. The zero-order valence-electron chi connectivity index (χ0n) is 22.2. The summed E-state index contributed by atoms with van der Waals surface area (Å²) in [7, 11) is 0. The highest BCUT2D eigenvalue weighted by Gasteiger charge is 2.20. The molecule has 0 saturated carbocycles. The van der Waals surface area contributed by atoms with Crippen molar-refractivity contribution in [1.82, 2.24) is 15.0 Å². The molecule has 2 aromatic carbocycles. The van der Waals surface area contributed by atoms with Crippen LogP contribution in [0.25, 0.3) is 0 Å². The molecule has 206 valence electrons. The first-order valence-electron chi connectivity index (χ1n) is 13.5. The van der Waals surface area contributed by atoms with Crippen molar-refractivity contribution >= 4 is 24.1 Å². The van der Waals surface area contributed by atoms with E-state index in [1.54, 1.807) is 30.5 Å². The summed E-state index contributed by atoms with van der Waals surface area (Å²) in [5, 5.41) is 4.38. The van der Waals surface area contributed by atoms with Crippen molar-refractivity contribution in [3.63, 3.8) is 0 Å². The molecule has 3 heterocycles. The van der Waals surface area contributed by atoms with Crippen LogP contribution >= 0.6 is 0 Å². The Morgan fingerprint density at radius 1 is 0.923 bits per heavy atom. The van der Waals surface area contributed by atoms with Gasteiger partial charge in [0.2, 0.25) is 17.8 Å². The maximum absolute atomic E-state index is 14.0. The van der Waals surface area contributed by atoms with E-state index in [-0.39, 0.29) is 12.4 Å². The van der Waals surface area contributed by atoms with Crippen LogP contribution in [0.3, 0.4) is 0 Å². The average molecular weight is 536 g/mol. The van der Waals surface area contributed by atoms with Crippen LogP contribution in [-0.2, 0) is 11.3 Å². The second-order valence-electron chi connectivity index (χ2n) is 9.30. The van der Waals surface area contributed by atoms with Crippen LogP contribution in [0.15, 0.2) is 47.6 Å². The number of halogens is 1. The highest BCUT2D eigenvalue weighted by atomic mass is 19.1. The molecule has 0 atom stereocenters. The van der Waals surface area contributed by atoms with Crippen molar-refractivity contribution in [2.75, 3.05) is 61.2 Å². The molecule has 2 aliphatic heterocycles. The van der Waals surface area contributed by atoms with Crippen molar-refractivity contribution in [2.45, 2.75) is 32.8 Å². The number of aromatic nitrogens is 3. The zero-order valence-corrected chi connectivity index (χ0v) is 22.2. The smallest absolute Gasteiger partial charge is 0.250 e. The normalized spacial score (nSPS) is 15.9. The lowest BCUT2D eigenvalue weighted by Crippen LogP contribution is -2.38. The van der Waals surface area contributed by atoms with Gasteiger partial charge in [-0.05, 0) is 56.0 Å². The van der Waals surface area contributed by atoms with Crippen LogP contribution in [-0.4, -0.2) is 67.2 Å². The van der Waals surface area contributed by atoms with E-state index in [9.17, 15) is 4.39 Å². The molecule has 0 unspecified atom stereocenters. The molecule has 2 aliphatic rings. The van der Waals surface area contributed by atoms with E-state index in [4.69, 9.17) is 19.2 Å². The Balaban J connectivity index is 1.30. The molecule has 39 heavy (non-hydrogen) atoms. The summed E-state index contributed by atoms with van der Waals surface area (Å²) in [6.45, 7) is 7.09. The van der Waals surface area contributed by atoms with Gasteiger partial charge in [-0.25, -0.2) is 9.82 Å². The topological polar surface area (TPSA) is 97.2 Å². The average Bonchev–Trinajstić information content (AvgIpc) is 2.98. The third-order valence-electron chi connectivity index (χ3n) is 6.53. The second-order valence-corrected chi connectivity index (χ2v) is 9.30. The molecule has 2 fully saturated rings. The minimum Gasteiger partial charge on any atom is -0.490 e. The van der Waals surface area contributed by atoms with Gasteiger partial charge in [-0.15, -0.1) is 0 Å². The van der Waals surface area contributed by atoms with E-state index < -0.39 is 0 Å². The second kappa shape index (κ2) is 13.2. The minimum atomic E-state index is -0.302. The molecule has 3 aromatic rings. The van der Waals surface area contributed by atoms with Crippen molar-refractivity contribution in [3.8, 4) is 11.5 Å². The number of hydrogen-bond acceptors (Lipinski definition) is 10. The first-order valence-corrected chi connectivity index (χ1v) is 13.5. The number of anilines is 3. The fourth-order valence-corrected chi connectivity index (χ4v) is 4.47. The van der Waals surface area contributed by atoms with Crippen LogP contribution in [0.1, 0.15) is 37.3 Å². The largest absolute Gasteiger partial charge is 0.490 e. The van der Waals surface area contributed by atoms with Crippen molar-refractivity contribution in [1.29, 1.82) is 0 Å². The summed E-state index contributed by atoms with van der Waals surface area (Å²) < 4.78 is 31.1. The summed E-state index contributed by atoms with van der Waals surface area (Å²) in [5.41, 5.74) is 4.25. The van der Waals surface area contributed by atoms with E-state index in [0.29, 0.717) is 54.7 Å². The van der Waals surface area contributed by atoms with Crippen LogP contribution < -0.4 is 24.7 Å². The Hall–Kier alpha value is -3.99. The Kier molecular flexibility index (Phi) is 9.00. The number of nitrogens with zero attached hydrogens (tertiary/aromatic N) is 6. The van der Waals surface area contributed by atoms with E-state index >= 15 is 0 Å². The predicted octanol–water partition coefficient (Wildman–Crippen LogP) is 4.26. The van der Waals surface area contributed by atoms with Gasteiger partial charge < -0.3 is 24.0 Å². The van der Waals surface area contributed by atoms with E-state index in [1.165, 1.54) is 12.5 Å². The van der Waals surface area contributed by atoms with Crippen molar-refractivity contribution in [2.24, 2.45) is 5.10 Å². The van der Waals surface area contributed by atoms with Crippen LogP contribution in [0.2, 0.25) is 0 Å². The lowest BCUT2D eigenvalue weighted by Gasteiger charge is -2.30. The monoisotopic (exact) mass is 535 g/mol. The maximum atomic E-state index is 14.0. The number of hydrazone groups is 1. The Morgan fingerprint density at radius 3 is 2.41 bits per heavy atom. The molecular formula is C28H34FN7O3.